The third-order valence-electron chi connectivity index (χ3n) is 1.37. The standard InChI is InChI=1S/C9H9O3/c1-7-5-3-4-6-8(7)12-9(10)11-2/h3-4,6H,1-2H3. The van der Waals surface area contributed by atoms with E-state index in [1.54, 1.807) is 25.1 Å². The van der Waals surface area contributed by atoms with Crippen molar-refractivity contribution in [1.82, 2.24) is 0 Å². The van der Waals surface area contributed by atoms with Crippen LogP contribution in [0.3, 0.4) is 0 Å². The van der Waals surface area contributed by atoms with Crippen LogP contribution in [0.4, 0.5) is 4.79 Å². The van der Waals surface area contributed by atoms with Gasteiger partial charge in [-0.15, -0.1) is 0 Å². The van der Waals surface area contributed by atoms with E-state index < -0.39 is 6.16 Å². The predicted molar refractivity (Wildman–Crippen MR) is 43.0 cm³/mol. The van der Waals surface area contributed by atoms with Crippen LogP contribution in [0, 0.1) is 13.0 Å². The molecule has 12 heavy (non-hydrogen) atoms. The number of methoxy groups -OCH3 is 1. The molecule has 3 heteroatoms. The van der Waals surface area contributed by atoms with Crippen LogP contribution in [0.1, 0.15) is 5.56 Å². The fraction of sp³-hybridized carbons (Fsp3) is 0.222. The van der Waals surface area contributed by atoms with E-state index in [0.717, 1.165) is 5.56 Å². The van der Waals surface area contributed by atoms with Gasteiger partial charge < -0.3 is 9.47 Å². The highest BCUT2D eigenvalue weighted by Crippen LogP contribution is 2.15. The Bertz CT molecular complexity index is 281. The largest absolute Gasteiger partial charge is 0.513 e. The zero-order chi connectivity index (χ0) is 8.97. The van der Waals surface area contributed by atoms with Crippen molar-refractivity contribution in [2.24, 2.45) is 0 Å². The number of rotatable bonds is 1. The molecule has 0 aliphatic heterocycles. The molecule has 1 rings (SSSR count). The lowest BCUT2D eigenvalue weighted by molar-refractivity contribution is 0.121. The molecule has 63 valence electrons. The molecule has 0 saturated heterocycles. The van der Waals surface area contributed by atoms with Gasteiger partial charge in [-0.25, -0.2) is 4.79 Å². The SMILES string of the molecule is COC(=O)Oc1ccc[c]c1C. The van der Waals surface area contributed by atoms with Crippen molar-refractivity contribution in [3.05, 3.63) is 29.8 Å². The van der Waals surface area contributed by atoms with Gasteiger partial charge in [0.15, 0.2) is 0 Å². The highest BCUT2D eigenvalue weighted by molar-refractivity contribution is 5.64. The molecule has 0 fully saturated rings. The number of aryl methyl sites for hydroxylation is 1. The van der Waals surface area contributed by atoms with E-state index >= 15 is 0 Å². The molecule has 0 aliphatic carbocycles. The number of ether oxygens (including phenoxy) is 2. The minimum absolute atomic E-state index is 0.476. The summed E-state index contributed by atoms with van der Waals surface area (Å²) in [5, 5.41) is 0. The van der Waals surface area contributed by atoms with Gasteiger partial charge in [-0.2, -0.15) is 0 Å². The van der Waals surface area contributed by atoms with E-state index in [-0.39, 0.29) is 0 Å². The first-order valence-electron chi connectivity index (χ1n) is 3.47. The molecule has 0 aliphatic rings. The third kappa shape index (κ3) is 1.99. The Balaban J connectivity index is 2.75. The average Bonchev–Trinajstić information content (AvgIpc) is 2.09. The van der Waals surface area contributed by atoms with E-state index in [2.05, 4.69) is 10.8 Å². The molecular weight excluding hydrogens is 156 g/mol. The first-order valence-corrected chi connectivity index (χ1v) is 3.47. The lowest BCUT2D eigenvalue weighted by Gasteiger charge is -2.03. The van der Waals surface area contributed by atoms with Gasteiger partial charge in [-0.1, -0.05) is 12.1 Å². The Hall–Kier alpha value is -1.51. The first kappa shape index (κ1) is 8.59. The average molecular weight is 165 g/mol. The zero-order valence-corrected chi connectivity index (χ0v) is 6.96. The third-order valence-corrected chi connectivity index (χ3v) is 1.37. The monoisotopic (exact) mass is 165 g/mol. The van der Waals surface area contributed by atoms with Crippen molar-refractivity contribution in [3.63, 3.8) is 0 Å². The number of carbonyl (C=O) groups is 1. The van der Waals surface area contributed by atoms with Gasteiger partial charge in [0.05, 0.1) is 7.11 Å². The molecule has 0 N–H and O–H groups in total. The zero-order valence-electron chi connectivity index (χ0n) is 6.96. The second kappa shape index (κ2) is 3.76. The van der Waals surface area contributed by atoms with Gasteiger partial charge in [0.1, 0.15) is 5.75 Å². The van der Waals surface area contributed by atoms with Crippen LogP contribution in [0.25, 0.3) is 0 Å². The maximum absolute atomic E-state index is 10.7. The quantitative estimate of drug-likeness (QED) is 0.471. The van der Waals surface area contributed by atoms with Gasteiger partial charge >= 0.3 is 6.16 Å². The smallest absolute Gasteiger partial charge is 0.437 e. The molecule has 0 spiro atoms. The van der Waals surface area contributed by atoms with Crippen LogP contribution in [0.15, 0.2) is 18.2 Å². The highest BCUT2D eigenvalue weighted by Gasteiger charge is 2.04. The molecule has 0 bridgehead atoms. The summed E-state index contributed by atoms with van der Waals surface area (Å²) >= 11 is 0. The second-order valence-corrected chi connectivity index (χ2v) is 2.22. The summed E-state index contributed by atoms with van der Waals surface area (Å²) in [6.45, 7) is 1.80. The van der Waals surface area contributed by atoms with Crippen molar-refractivity contribution in [3.8, 4) is 5.75 Å². The maximum Gasteiger partial charge on any atom is 0.513 e. The van der Waals surface area contributed by atoms with Crippen LogP contribution in [-0.2, 0) is 4.74 Å². The molecule has 0 unspecified atom stereocenters. The van der Waals surface area contributed by atoms with E-state index in [4.69, 9.17) is 4.74 Å². The Morgan fingerprint density at radius 3 is 2.92 bits per heavy atom. The summed E-state index contributed by atoms with van der Waals surface area (Å²) in [6.07, 6.45) is -0.710. The van der Waals surface area contributed by atoms with Crippen LogP contribution in [0.5, 0.6) is 5.75 Å². The van der Waals surface area contributed by atoms with Crippen molar-refractivity contribution in [2.45, 2.75) is 6.92 Å². The van der Waals surface area contributed by atoms with Crippen LogP contribution in [0.2, 0.25) is 0 Å². The van der Waals surface area contributed by atoms with Gasteiger partial charge in [0.2, 0.25) is 0 Å². The number of benzene rings is 1. The summed E-state index contributed by atoms with van der Waals surface area (Å²) in [5.74, 6) is 0.476. The molecular formula is C9H9O3. The molecule has 0 atom stereocenters. The van der Waals surface area contributed by atoms with E-state index in [1.807, 2.05) is 0 Å². The summed E-state index contributed by atoms with van der Waals surface area (Å²) in [7, 11) is 1.27. The molecule has 1 aromatic carbocycles. The highest BCUT2D eigenvalue weighted by atomic mass is 16.7. The minimum Gasteiger partial charge on any atom is -0.437 e. The summed E-state index contributed by atoms with van der Waals surface area (Å²) < 4.78 is 9.14. The van der Waals surface area contributed by atoms with Gasteiger partial charge in [0.25, 0.3) is 0 Å². The molecule has 0 heterocycles. The summed E-state index contributed by atoms with van der Waals surface area (Å²) in [6, 6.07) is 8.07. The van der Waals surface area contributed by atoms with E-state index in [1.165, 1.54) is 7.11 Å². The fourth-order valence-electron chi connectivity index (χ4n) is 0.747. The van der Waals surface area contributed by atoms with Crippen LogP contribution >= 0.6 is 0 Å². The lowest BCUT2D eigenvalue weighted by atomic mass is 10.2. The normalized spacial score (nSPS) is 9.17. The molecule has 3 nitrogen and oxygen atoms in total. The fourth-order valence-corrected chi connectivity index (χ4v) is 0.747. The van der Waals surface area contributed by atoms with Crippen LogP contribution < -0.4 is 4.74 Å². The Morgan fingerprint density at radius 2 is 2.33 bits per heavy atom. The minimum atomic E-state index is -0.710. The van der Waals surface area contributed by atoms with Crippen LogP contribution in [-0.4, -0.2) is 13.3 Å². The van der Waals surface area contributed by atoms with Gasteiger partial charge in [-0.05, 0) is 24.6 Å². The Kier molecular flexibility index (Phi) is 2.69. The number of hydrogen-bond donors (Lipinski definition) is 0. The molecule has 1 aromatic rings. The molecule has 0 saturated carbocycles. The lowest BCUT2D eigenvalue weighted by Crippen LogP contribution is -2.07. The van der Waals surface area contributed by atoms with Gasteiger partial charge in [0, 0.05) is 0 Å². The Labute approximate surface area is 70.9 Å². The summed E-state index contributed by atoms with van der Waals surface area (Å²) in [5.41, 5.74) is 0.780. The van der Waals surface area contributed by atoms with Crippen molar-refractivity contribution in [2.75, 3.05) is 7.11 Å². The number of carbonyl (C=O) groups excluding carboxylic acids is 1. The van der Waals surface area contributed by atoms with E-state index in [0.29, 0.717) is 5.75 Å². The van der Waals surface area contributed by atoms with E-state index in [9.17, 15) is 4.79 Å². The second-order valence-electron chi connectivity index (χ2n) is 2.22. The first-order chi connectivity index (χ1) is 5.74. The molecule has 1 radical (unpaired) electrons. The number of hydrogen-bond acceptors (Lipinski definition) is 3. The Morgan fingerprint density at radius 1 is 1.58 bits per heavy atom. The van der Waals surface area contributed by atoms with Crippen molar-refractivity contribution in [1.29, 1.82) is 0 Å². The van der Waals surface area contributed by atoms with Gasteiger partial charge in [-0.3, -0.25) is 0 Å². The predicted octanol–water partition coefficient (Wildman–Crippen LogP) is 1.94. The van der Waals surface area contributed by atoms with Crippen molar-refractivity contribution >= 4 is 6.16 Å². The summed E-state index contributed by atoms with van der Waals surface area (Å²) in [4.78, 5) is 10.7. The molecule has 0 amide bonds. The maximum atomic E-state index is 10.7. The molecule has 0 aromatic heterocycles. The topological polar surface area (TPSA) is 35.5 Å². The van der Waals surface area contributed by atoms with Crippen molar-refractivity contribution < 1.29 is 14.3 Å².